The van der Waals surface area contributed by atoms with Crippen LogP contribution in [0.2, 0.25) is 0 Å². The van der Waals surface area contributed by atoms with Gasteiger partial charge >= 0.3 is 5.97 Å². The minimum Gasteiger partial charge on any atom is -0.462 e. The van der Waals surface area contributed by atoms with Gasteiger partial charge in [0.15, 0.2) is 0 Å². The van der Waals surface area contributed by atoms with Crippen LogP contribution < -0.4 is 5.32 Å². The lowest BCUT2D eigenvalue weighted by molar-refractivity contribution is -0.116. The molecule has 0 bridgehead atoms. The van der Waals surface area contributed by atoms with Gasteiger partial charge in [-0.05, 0) is 49.2 Å². The van der Waals surface area contributed by atoms with Crippen molar-refractivity contribution in [3.05, 3.63) is 54.4 Å². The average molecular weight is 328 g/mol. The minimum atomic E-state index is -0.326. The number of carbonyl (C=O) groups excluding carboxylic acids is 2. The average Bonchev–Trinajstić information content (AvgIpc) is 3.09. The van der Waals surface area contributed by atoms with Crippen LogP contribution in [0.1, 0.15) is 43.0 Å². The number of ether oxygens (including phenoxy) is 1. The van der Waals surface area contributed by atoms with E-state index in [-0.39, 0.29) is 11.9 Å². The molecule has 0 aliphatic rings. The predicted octanol–water partition coefficient (Wildman–Crippen LogP) is 3.86. The van der Waals surface area contributed by atoms with Crippen molar-refractivity contribution in [2.75, 3.05) is 11.9 Å². The molecule has 0 atom stereocenters. The van der Waals surface area contributed by atoms with Crippen LogP contribution in [0.25, 0.3) is 0 Å². The van der Waals surface area contributed by atoms with Gasteiger partial charge in [-0.3, -0.25) is 4.79 Å². The van der Waals surface area contributed by atoms with E-state index in [1.165, 1.54) is 0 Å². The number of amides is 1. The summed E-state index contributed by atoms with van der Waals surface area (Å²) in [5, 5.41) is 2.84. The summed E-state index contributed by atoms with van der Waals surface area (Å²) in [4.78, 5) is 23.7. The van der Waals surface area contributed by atoms with Crippen LogP contribution in [0.3, 0.4) is 0 Å². The second-order valence-corrected chi connectivity index (χ2v) is 5.64. The largest absolute Gasteiger partial charge is 0.462 e. The lowest BCUT2D eigenvalue weighted by atomic mass is 10.2. The lowest BCUT2D eigenvalue weighted by Crippen LogP contribution is -2.12. The first-order valence-corrected chi connectivity index (χ1v) is 8.37. The van der Waals surface area contributed by atoms with Gasteiger partial charge in [-0.25, -0.2) is 4.79 Å². The molecule has 1 aromatic carbocycles. The Kier molecular flexibility index (Phi) is 7.08. The summed E-state index contributed by atoms with van der Waals surface area (Å²) < 4.78 is 7.20. The predicted molar refractivity (Wildman–Crippen MR) is 93.9 cm³/mol. The normalized spacial score (nSPS) is 10.4. The zero-order valence-electron chi connectivity index (χ0n) is 14.0. The van der Waals surface area contributed by atoms with Gasteiger partial charge in [-0.15, -0.1) is 0 Å². The van der Waals surface area contributed by atoms with Gasteiger partial charge in [0.2, 0.25) is 5.91 Å². The van der Waals surface area contributed by atoms with Crippen molar-refractivity contribution in [1.29, 1.82) is 0 Å². The molecule has 5 nitrogen and oxygen atoms in total. The van der Waals surface area contributed by atoms with Crippen molar-refractivity contribution < 1.29 is 14.3 Å². The van der Waals surface area contributed by atoms with Gasteiger partial charge in [0.05, 0.1) is 12.2 Å². The van der Waals surface area contributed by atoms with E-state index in [1.54, 1.807) is 24.3 Å². The Hall–Kier alpha value is -2.56. The van der Waals surface area contributed by atoms with Crippen LogP contribution in [-0.4, -0.2) is 23.1 Å². The van der Waals surface area contributed by atoms with Crippen LogP contribution in [0, 0.1) is 0 Å². The highest BCUT2D eigenvalue weighted by molar-refractivity contribution is 5.93. The molecule has 0 radical (unpaired) electrons. The Balaban J connectivity index is 1.74. The van der Waals surface area contributed by atoms with Gasteiger partial charge in [0.1, 0.15) is 0 Å². The maximum absolute atomic E-state index is 11.9. The van der Waals surface area contributed by atoms with Gasteiger partial charge < -0.3 is 14.6 Å². The number of esters is 1. The summed E-state index contributed by atoms with van der Waals surface area (Å²) in [6.45, 7) is 3.31. The maximum atomic E-state index is 11.9. The third-order valence-corrected chi connectivity index (χ3v) is 3.62. The Labute approximate surface area is 142 Å². The number of hydrogen-bond acceptors (Lipinski definition) is 3. The third kappa shape index (κ3) is 5.91. The highest BCUT2D eigenvalue weighted by Gasteiger charge is 2.07. The lowest BCUT2D eigenvalue weighted by Gasteiger charge is -2.07. The number of benzene rings is 1. The number of nitrogens with one attached hydrogen (secondary N) is 1. The molecule has 0 aliphatic carbocycles. The molecule has 2 aromatic rings. The van der Waals surface area contributed by atoms with E-state index < -0.39 is 0 Å². The molecule has 24 heavy (non-hydrogen) atoms. The Bertz CT molecular complexity index is 633. The summed E-state index contributed by atoms with van der Waals surface area (Å²) in [7, 11) is 0. The molecule has 0 saturated carbocycles. The number of carbonyl (C=O) groups is 2. The van der Waals surface area contributed by atoms with Crippen molar-refractivity contribution in [2.45, 2.75) is 39.2 Å². The van der Waals surface area contributed by atoms with Gasteiger partial charge in [0, 0.05) is 31.0 Å². The van der Waals surface area contributed by atoms with E-state index in [0.29, 0.717) is 24.3 Å². The van der Waals surface area contributed by atoms with Crippen molar-refractivity contribution in [2.24, 2.45) is 0 Å². The topological polar surface area (TPSA) is 60.3 Å². The fourth-order valence-corrected chi connectivity index (χ4v) is 2.25. The molecule has 128 valence electrons. The Morgan fingerprint density at radius 1 is 1.08 bits per heavy atom. The monoisotopic (exact) mass is 328 g/mol. The summed E-state index contributed by atoms with van der Waals surface area (Å²) in [6, 6.07) is 10.7. The number of rotatable bonds is 9. The van der Waals surface area contributed by atoms with E-state index >= 15 is 0 Å². The highest BCUT2D eigenvalue weighted by atomic mass is 16.5. The molecular formula is C19H24N2O3. The smallest absolute Gasteiger partial charge is 0.338 e. The van der Waals surface area contributed by atoms with Crippen LogP contribution in [0.15, 0.2) is 48.8 Å². The zero-order chi connectivity index (χ0) is 17.2. The van der Waals surface area contributed by atoms with Crippen molar-refractivity contribution >= 4 is 17.6 Å². The highest BCUT2D eigenvalue weighted by Crippen LogP contribution is 2.12. The first-order chi connectivity index (χ1) is 11.7. The molecule has 0 fully saturated rings. The number of hydrogen-bond donors (Lipinski definition) is 1. The number of aryl methyl sites for hydroxylation is 1. The molecule has 0 saturated heterocycles. The van der Waals surface area contributed by atoms with Gasteiger partial charge in [-0.2, -0.15) is 0 Å². The van der Waals surface area contributed by atoms with E-state index in [4.69, 9.17) is 4.74 Å². The SMILES string of the molecule is CCCCOC(=O)c1ccc(NC(=O)CCCn2cccc2)cc1. The molecule has 0 unspecified atom stereocenters. The zero-order valence-corrected chi connectivity index (χ0v) is 14.0. The van der Waals surface area contributed by atoms with Crippen LogP contribution in [0.5, 0.6) is 0 Å². The second kappa shape index (κ2) is 9.55. The van der Waals surface area contributed by atoms with Gasteiger partial charge in [-0.1, -0.05) is 13.3 Å². The molecule has 0 spiro atoms. The standard InChI is InChI=1S/C19H24N2O3/c1-2-3-15-24-19(23)16-8-10-17(11-9-16)20-18(22)7-6-14-21-12-4-5-13-21/h4-5,8-13H,2-3,6-7,14-15H2,1H3,(H,20,22). The molecular weight excluding hydrogens is 304 g/mol. The number of aromatic nitrogens is 1. The van der Waals surface area contributed by atoms with Crippen molar-refractivity contribution in [3.8, 4) is 0 Å². The second-order valence-electron chi connectivity index (χ2n) is 5.64. The molecule has 5 heteroatoms. The van der Waals surface area contributed by atoms with Crippen molar-refractivity contribution in [3.63, 3.8) is 0 Å². The summed E-state index contributed by atoms with van der Waals surface area (Å²) in [5.74, 6) is -0.353. The van der Waals surface area contributed by atoms with E-state index in [9.17, 15) is 9.59 Å². The van der Waals surface area contributed by atoms with Crippen LogP contribution in [-0.2, 0) is 16.1 Å². The first-order valence-electron chi connectivity index (χ1n) is 8.37. The fourth-order valence-electron chi connectivity index (χ4n) is 2.25. The van der Waals surface area contributed by atoms with E-state index in [1.807, 2.05) is 36.0 Å². The first kappa shape index (κ1) is 17.8. The summed E-state index contributed by atoms with van der Waals surface area (Å²) >= 11 is 0. The molecule has 1 N–H and O–H groups in total. The quantitative estimate of drug-likeness (QED) is 0.561. The van der Waals surface area contributed by atoms with Gasteiger partial charge in [0.25, 0.3) is 0 Å². The Morgan fingerprint density at radius 2 is 1.79 bits per heavy atom. The summed E-state index contributed by atoms with van der Waals surface area (Å²) in [5.41, 5.74) is 1.18. The summed E-state index contributed by atoms with van der Waals surface area (Å²) in [6.07, 6.45) is 7.05. The third-order valence-electron chi connectivity index (χ3n) is 3.62. The fraction of sp³-hybridized carbons (Fsp3) is 0.368. The van der Waals surface area contributed by atoms with E-state index in [0.717, 1.165) is 25.8 Å². The molecule has 0 aliphatic heterocycles. The van der Waals surface area contributed by atoms with Crippen LogP contribution >= 0.6 is 0 Å². The van der Waals surface area contributed by atoms with Crippen molar-refractivity contribution in [1.82, 2.24) is 4.57 Å². The number of nitrogens with zero attached hydrogens (tertiary/aromatic N) is 1. The Morgan fingerprint density at radius 3 is 2.46 bits per heavy atom. The molecule has 1 amide bonds. The van der Waals surface area contributed by atoms with Crippen LogP contribution in [0.4, 0.5) is 5.69 Å². The van der Waals surface area contributed by atoms with E-state index in [2.05, 4.69) is 5.32 Å². The molecule has 2 rings (SSSR count). The molecule has 1 heterocycles. The number of unbranched alkanes of at least 4 members (excludes halogenated alkanes) is 1. The number of anilines is 1. The maximum Gasteiger partial charge on any atom is 0.338 e. The molecule has 1 aromatic heterocycles. The minimum absolute atomic E-state index is 0.0274.